The lowest BCUT2D eigenvalue weighted by Gasteiger charge is -2.08. The van der Waals surface area contributed by atoms with Crippen molar-refractivity contribution in [2.75, 3.05) is 10.6 Å². The van der Waals surface area contributed by atoms with Gasteiger partial charge in [0.2, 0.25) is 0 Å². The van der Waals surface area contributed by atoms with Gasteiger partial charge < -0.3 is 10.4 Å². The molecule has 3 N–H and O–H groups in total. The monoisotopic (exact) mass is 336 g/mol. The van der Waals surface area contributed by atoms with Gasteiger partial charge in [0.15, 0.2) is 5.82 Å². The Balaban J connectivity index is 1.95. The summed E-state index contributed by atoms with van der Waals surface area (Å²) in [5.74, 6) is 0.353. The van der Waals surface area contributed by atoms with E-state index in [1.54, 1.807) is 31.2 Å². The van der Waals surface area contributed by atoms with Crippen molar-refractivity contribution in [1.82, 2.24) is 9.97 Å². The maximum atomic E-state index is 11.7. The minimum absolute atomic E-state index is 0.353. The van der Waals surface area contributed by atoms with Gasteiger partial charge in [-0.3, -0.25) is 5.32 Å². The smallest absolute Gasteiger partial charge is 0.324 e. The van der Waals surface area contributed by atoms with Crippen LogP contribution in [0.1, 0.15) is 18.6 Å². The van der Waals surface area contributed by atoms with E-state index in [2.05, 4.69) is 36.5 Å². The highest BCUT2D eigenvalue weighted by molar-refractivity contribution is 9.10. The van der Waals surface area contributed by atoms with Gasteiger partial charge in [0.1, 0.15) is 4.60 Å². The second-order valence-corrected chi connectivity index (χ2v) is 4.91. The summed E-state index contributed by atoms with van der Waals surface area (Å²) in [4.78, 5) is 19.7. The van der Waals surface area contributed by atoms with Crippen molar-refractivity contribution in [2.24, 2.45) is 0 Å². The van der Waals surface area contributed by atoms with Gasteiger partial charge in [-0.05, 0) is 40.5 Å². The van der Waals surface area contributed by atoms with E-state index in [0.717, 1.165) is 5.56 Å². The number of nitrogens with zero attached hydrogens (tertiary/aromatic N) is 2. The molecule has 1 atom stereocenters. The van der Waals surface area contributed by atoms with Gasteiger partial charge in [0, 0.05) is 5.69 Å². The fourth-order valence-electron chi connectivity index (χ4n) is 1.50. The molecule has 0 saturated heterocycles. The van der Waals surface area contributed by atoms with Crippen LogP contribution in [0.25, 0.3) is 0 Å². The molecule has 0 bridgehead atoms. The first-order valence-corrected chi connectivity index (χ1v) is 6.67. The van der Waals surface area contributed by atoms with E-state index in [9.17, 15) is 9.90 Å². The lowest BCUT2D eigenvalue weighted by atomic mass is 10.1. The van der Waals surface area contributed by atoms with E-state index in [-0.39, 0.29) is 0 Å². The van der Waals surface area contributed by atoms with Crippen molar-refractivity contribution in [3.63, 3.8) is 0 Å². The molecule has 6 nitrogen and oxygen atoms in total. The van der Waals surface area contributed by atoms with Gasteiger partial charge in [-0.1, -0.05) is 12.1 Å². The highest BCUT2D eigenvalue weighted by Gasteiger charge is 2.05. The number of hydrogen-bond acceptors (Lipinski definition) is 4. The molecule has 2 aromatic rings. The number of halogens is 1. The molecule has 0 fully saturated rings. The van der Waals surface area contributed by atoms with Crippen molar-refractivity contribution in [2.45, 2.75) is 13.0 Å². The van der Waals surface area contributed by atoms with Gasteiger partial charge in [-0.15, -0.1) is 0 Å². The van der Waals surface area contributed by atoms with E-state index in [0.29, 0.717) is 16.1 Å². The molecule has 1 aromatic heterocycles. The third-order valence-corrected chi connectivity index (χ3v) is 2.92. The van der Waals surface area contributed by atoms with Crippen LogP contribution in [0.15, 0.2) is 41.3 Å². The molecular weight excluding hydrogens is 324 g/mol. The number of rotatable bonds is 3. The average molecular weight is 337 g/mol. The van der Waals surface area contributed by atoms with Crippen LogP contribution in [-0.2, 0) is 0 Å². The number of hydrogen-bond donors (Lipinski definition) is 3. The Kier molecular flexibility index (Phi) is 4.65. The predicted octanol–water partition coefficient (Wildman–Crippen LogP) is 2.94. The zero-order valence-corrected chi connectivity index (χ0v) is 12.3. The van der Waals surface area contributed by atoms with Crippen molar-refractivity contribution < 1.29 is 9.90 Å². The van der Waals surface area contributed by atoms with Crippen molar-refractivity contribution in [3.05, 3.63) is 46.8 Å². The number of carbonyl (C=O) groups excluding carboxylic acids is 1. The molecule has 0 saturated carbocycles. The fourth-order valence-corrected chi connectivity index (χ4v) is 1.71. The Bertz CT molecular complexity index is 584. The number of benzene rings is 1. The highest BCUT2D eigenvalue weighted by atomic mass is 79.9. The Morgan fingerprint density at radius 2 is 1.90 bits per heavy atom. The molecule has 0 aliphatic heterocycles. The van der Waals surface area contributed by atoms with Gasteiger partial charge >= 0.3 is 6.03 Å². The molecule has 20 heavy (non-hydrogen) atoms. The Hall–Kier alpha value is -1.99. The number of nitrogens with one attached hydrogen (secondary N) is 2. The summed E-state index contributed by atoms with van der Waals surface area (Å²) in [7, 11) is 0. The van der Waals surface area contributed by atoms with Crippen molar-refractivity contribution >= 4 is 33.5 Å². The molecule has 1 unspecified atom stereocenters. The third kappa shape index (κ3) is 4.01. The van der Waals surface area contributed by atoms with Gasteiger partial charge in [0.05, 0.1) is 18.5 Å². The highest BCUT2D eigenvalue weighted by Crippen LogP contribution is 2.15. The van der Waals surface area contributed by atoms with Crippen LogP contribution < -0.4 is 10.6 Å². The fraction of sp³-hybridized carbons (Fsp3) is 0.154. The van der Waals surface area contributed by atoms with Crippen LogP contribution in [0.2, 0.25) is 0 Å². The Morgan fingerprint density at radius 3 is 2.45 bits per heavy atom. The lowest BCUT2D eigenvalue weighted by Crippen LogP contribution is -2.20. The first-order valence-electron chi connectivity index (χ1n) is 5.88. The third-order valence-electron chi connectivity index (χ3n) is 2.51. The molecule has 1 heterocycles. The number of carbonyl (C=O) groups is 1. The van der Waals surface area contributed by atoms with E-state index in [1.165, 1.54) is 12.4 Å². The number of amides is 2. The zero-order valence-electron chi connectivity index (χ0n) is 10.7. The number of aliphatic hydroxyl groups is 1. The summed E-state index contributed by atoms with van der Waals surface area (Å²) >= 11 is 3.16. The number of anilines is 2. The summed E-state index contributed by atoms with van der Waals surface area (Å²) in [6.45, 7) is 1.68. The second-order valence-electron chi connectivity index (χ2n) is 4.10. The first-order chi connectivity index (χ1) is 9.54. The zero-order chi connectivity index (χ0) is 14.5. The molecule has 2 rings (SSSR count). The van der Waals surface area contributed by atoms with E-state index < -0.39 is 12.1 Å². The normalized spacial score (nSPS) is 11.8. The van der Waals surface area contributed by atoms with Crippen LogP contribution in [0.4, 0.5) is 16.3 Å². The molecule has 104 valence electrons. The summed E-state index contributed by atoms with van der Waals surface area (Å²) in [6.07, 6.45) is 2.41. The van der Waals surface area contributed by atoms with E-state index >= 15 is 0 Å². The molecule has 0 spiro atoms. The maximum absolute atomic E-state index is 11.7. The SMILES string of the molecule is CC(O)c1ccc(NC(=O)Nc2cnc(Br)cn2)cc1. The van der Waals surface area contributed by atoms with Crippen molar-refractivity contribution in [3.8, 4) is 0 Å². The van der Waals surface area contributed by atoms with Gasteiger partial charge in [0.25, 0.3) is 0 Å². The van der Waals surface area contributed by atoms with Gasteiger partial charge in [-0.2, -0.15) is 0 Å². The molecule has 7 heteroatoms. The van der Waals surface area contributed by atoms with Crippen LogP contribution in [-0.4, -0.2) is 21.1 Å². The second kappa shape index (κ2) is 6.44. The molecule has 0 radical (unpaired) electrons. The number of aliphatic hydroxyl groups excluding tert-OH is 1. The summed E-state index contributed by atoms with van der Waals surface area (Å²) in [6, 6.07) is 6.52. The standard InChI is InChI=1S/C13H13BrN4O2/c1-8(19)9-2-4-10(5-3-9)17-13(20)18-12-7-15-11(14)6-16-12/h2-8,19H,1H3,(H2,16,17,18,20). The maximum Gasteiger partial charge on any atom is 0.324 e. The minimum Gasteiger partial charge on any atom is -0.389 e. The molecule has 0 aliphatic carbocycles. The van der Waals surface area contributed by atoms with Crippen LogP contribution in [0.5, 0.6) is 0 Å². The van der Waals surface area contributed by atoms with E-state index in [1.807, 2.05) is 0 Å². The first kappa shape index (κ1) is 14.4. The van der Waals surface area contributed by atoms with E-state index in [4.69, 9.17) is 0 Å². The Morgan fingerprint density at radius 1 is 1.20 bits per heavy atom. The number of urea groups is 1. The minimum atomic E-state index is -0.532. The van der Waals surface area contributed by atoms with Crippen LogP contribution in [0.3, 0.4) is 0 Å². The summed E-state index contributed by atoms with van der Waals surface area (Å²) < 4.78 is 0.595. The lowest BCUT2D eigenvalue weighted by molar-refractivity contribution is 0.199. The predicted molar refractivity (Wildman–Crippen MR) is 79.4 cm³/mol. The Labute approximate surface area is 124 Å². The summed E-state index contributed by atoms with van der Waals surface area (Å²) in [5, 5.41) is 14.6. The number of aromatic nitrogens is 2. The summed E-state index contributed by atoms with van der Waals surface area (Å²) in [5.41, 5.74) is 1.41. The largest absolute Gasteiger partial charge is 0.389 e. The quantitative estimate of drug-likeness (QED) is 0.804. The van der Waals surface area contributed by atoms with Gasteiger partial charge in [-0.25, -0.2) is 14.8 Å². The average Bonchev–Trinajstić information content (AvgIpc) is 2.42. The molecule has 1 aromatic carbocycles. The molecule has 2 amide bonds. The topological polar surface area (TPSA) is 87.1 Å². The molecular formula is C13H13BrN4O2. The van der Waals surface area contributed by atoms with Crippen LogP contribution in [0, 0.1) is 0 Å². The van der Waals surface area contributed by atoms with Crippen LogP contribution >= 0.6 is 15.9 Å². The van der Waals surface area contributed by atoms with Crippen molar-refractivity contribution in [1.29, 1.82) is 0 Å². The molecule has 0 aliphatic rings.